The van der Waals surface area contributed by atoms with Crippen molar-refractivity contribution in [1.82, 2.24) is 0 Å². The Labute approximate surface area is 81.7 Å². The van der Waals surface area contributed by atoms with Gasteiger partial charge in [-0.25, -0.2) is 4.39 Å². The number of hydrogen-bond donors (Lipinski definition) is 0. The number of alkyl halides is 1. The molecule has 0 unspecified atom stereocenters. The van der Waals surface area contributed by atoms with Gasteiger partial charge in [-0.2, -0.15) is 0 Å². The van der Waals surface area contributed by atoms with Crippen molar-refractivity contribution < 1.29 is 13.9 Å². The van der Waals surface area contributed by atoms with Crippen molar-refractivity contribution in [3.63, 3.8) is 0 Å². The molecule has 0 radical (unpaired) electrons. The Hall–Kier alpha value is -1.38. The Bertz CT molecular complexity index is 350. The summed E-state index contributed by atoms with van der Waals surface area (Å²) in [5.41, 5.74) is -0.392. The van der Waals surface area contributed by atoms with Crippen LogP contribution in [0.25, 0.3) is 0 Å². The fourth-order valence-corrected chi connectivity index (χ4v) is 1.69. The third-order valence-corrected chi connectivity index (χ3v) is 2.62. The van der Waals surface area contributed by atoms with Crippen molar-refractivity contribution in [2.24, 2.45) is 0 Å². The van der Waals surface area contributed by atoms with Crippen LogP contribution in [0.1, 0.15) is 18.9 Å². The number of rotatable bonds is 1. The highest BCUT2D eigenvalue weighted by Gasteiger charge is 2.47. The smallest absolute Gasteiger partial charge is 0.309 e. The number of carbonyl (C=O) groups is 1. The van der Waals surface area contributed by atoms with E-state index in [4.69, 9.17) is 4.74 Å². The van der Waals surface area contributed by atoms with Gasteiger partial charge in [0.2, 0.25) is 0 Å². The molecule has 14 heavy (non-hydrogen) atoms. The molecule has 0 aliphatic carbocycles. The van der Waals surface area contributed by atoms with Gasteiger partial charge in [0.05, 0.1) is 6.42 Å². The fourth-order valence-electron chi connectivity index (χ4n) is 1.69. The van der Waals surface area contributed by atoms with Crippen LogP contribution in [0.5, 0.6) is 0 Å². The maximum Gasteiger partial charge on any atom is 0.309 e. The van der Waals surface area contributed by atoms with Crippen LogP contribution >= 0.6 is 0 Å². The molecule has 1 saturated heterocycles. The molecule has 1 aliphatic rings. The van der Waals surface area contributed by atoms with Crippen molar-refractivity contribution in [2.45, 2.75) is 25.1 Å². The lowest BCUT2D eigenvalue weighted by Crippen LogP contribution is -2.29. The predicted octanol–water partition coefficient (Wildman–Crippen LogP) is 2.19. The summed E-state index contributed by atoms with van der Waals surface area (Å²) >= 11 is 0. The lowest BCUT2D eigenvalue weighted by atomic mass is 9.91. The highest BCUT2D eigenvalue weighted by atomic mass is 19.1. The van der Waals surface area contributed by atoms with Crippen LogP contribution in [-0.4, -0.2) is 12.1 Å². The first-order chi connectivity index (χ1) is 6.63. The zero-order chi connectivity index (χ0) is 10.2. The molecule has 1 aromatic carbocycles. The third kappa shape index (κ3) is 1.29. The van der Waals surface area contributed by atoms with Gasteiger partial charge in [-0.15, -0.1) is 0 Å². The summed E-state index contributed by atoms with van der Waals surface area (Å²) < 4.78 is 18.6. The maximum absolute atomic E-state index is 13.6. The molecule has 0 bridgehead atoms. The lowest BCUT2D eigenvalue weighted by molar-refractivity contribution is -0.149. The molecule has 3 heteroatoms. The number of esters is 1. The molecular weight excluding hydrogens is 183 g/mol. The van der Waals surface area contributed by atoms with Crippen LogP contribution in [0.3, 0.4) is 0 Å². The summed E-state index contributed by atoms with van der Waals surface area (Å²) in [7, 11) is 0. The molecule has 1 aromatic rings. The fraction of sp³-hybridized carbons (Fsp3) is 0.364. The first-order valence-corrected chi connectivity index (χ1v) is 4.54. The largest absolute Gasteiger partial charge is 0.451 e. The number of halogens is 1. The van der Waals surface area contributed by atoms with E-state index >= 15 is 0 Å². The number of benzene rings is 1. The van der Waals surface area contributed by atoms with Crippen LogP contribution in [-0.2, 0) is 15.1 Å². The molecule has 1 heterocycles. The minimum atomic E-state index is -1.25. The standard InChI is InChI=1S/C11H11FO2/c1-11(8-5-3-2-4-6-8)9(12)7-10(13)14-11/h2-6,9H,7H2,1H3/t9-,11+/m0/s1. The van der Waals surface area contributed by atoms with Crippen LogP contribution in [0.15, 0.2) is 30.3 Å². The zero-order valence-corrected chi connectivity index (χ0v) is 7.87. The Morgan fingerprint density at radius 3 is 2.57 bits per heavy atom. The van der Waals surface area contributed by atoms with E-state index in [0.29, 0.717) is 5.56 Å². The molecule has 0 saturated carbocycles. The van der Waals surface area contributed by atoms with E-state index in [1.54, 1.807) is 31.2 Å². The van der Waals surface area contributed by atoms with Gasteiger partial charge in [-0.05, 0) is 12.5 Å². The Morgan fingerprint density at radius 1 is 1.43 bits per heavy atom. The molecule has 2 rings (SSSR count). The van der Waals surface area contributed by atoms with E-state index in [0.717, 1.165) is 0 Å². The molecule has 74 valence electrons. The monoisotopic (exact) mass is 194 g/mol. The van der Waals surface area contributed by atoms with E-state index in [1.807, 2.05) is 6.07 Å². The minimum absolute atomic E-state index is 0.147. The van der Waals surface area contributed by atoms with Crippen LogP contribution in [0.4, 0.5) is 4.39 Å². The second-order valence-corrected chi connectivity index (χ2v) is 3.62. The topological polar surface area (TPSA) is 26.3 Å². The Morgan fingerprint density at radius 2 is 2.07 bits per heavy atom. The first kappa shape index (κ1) is 9.19. The number of hydrogen-bond acceptors (Lipinski definition) is 2. The zero-order valence-electron chi connectivity index (χ0n) is 7.87. The predicted molar refractivity (Wildman–Crippen MR) is 49.4 cm³/mol. The van der Waals surface area contributed by atoms with Crippen molar-refractivity contribution in [3.05, 3.63) is 35.9 Å². The molecule has 1 aliphatic heterocycles. The second-order valence-electron chi connectivity index (χ2n) is 3.62. The van der Waals surface area contributed by atoms with Crippen LogP contribution in [0, 0.1) is 0 Å². The molecular formula is C11H11FO2. The Balaban J connectivity index is 2.38. The van der Waals surface area contributed by atoms with E-state index in [1.165, 1.54) is 0 Å². The number of ether oxygens (including phenoxy) is 1. The van der Waals surface area contributed by atoms with Gasteiger partial charge in [0.25, 0.3) is 0 Å². The van der Waals surface area contributed by atoms with E-state index < -0.39 is 17.7 Å². The Kier molecular flexibility index (Phi) is 2.02. The van der Waals surface area contributed by atoms with E-state index in [-0.39, 0.29) is 6.42 Å². The second kappa shape index (κ2) is 3.08. The maximum atomic E-state index is 13.6. The SMILES string of the molecule is C[C@]1(c2ccccc2)OC(=O)C[C@@H]1F. The van der Waals surface area contributed by atoms with Crippen molar-refractivity contribution in [3.8, 4) is 0 Å². The average Bonchev–Trinajstić information content (AvgIpc) is 2.43. The van der Waals surface area contributed by atoms with Gasteiger partial charge in [0.1, 0.15) is 0 Å². The third-order valence-electron chi connectivity index (χ3n) is 2.62. The molecule has 0 spiro atoms. The number of carbonyl (C=O) groups excluding carboxylic acids is 1. The number of cyclic esters (lactones) is 1. The summed E-state index contributed by atoms with van der Waals surface area (Å²) in [4.78, 5) is 11.0. The normalized spacial score (nSPS) is 31.6. The van der Waals surface area contributed by atoms with Gasteiger partial charge in [-0.3, -0.25) is 4.79 Å². The molecule has 0 N–H and O–H groups in total. The summed E-state index contributed by atoms with van der Waals surface area (Å²) in [5.74, 6) is -0.469. The van der Waals surface area contributed by atoms with E-state index in [9.17, 15) is 9.18 Å². The summed E-state index contributed by atoms with van der Waals surface area (Å²) in [5, 5.41) is 0. The van der Waals surface area contributed by atoms with Crippen molar-refractivity contribution in [1.29, 1.82) is 0 Å². The van der Waals surface area contributed by atoms with Crippen LogP contribution < -0.4 is 0 Å². The quantitative estimate of drug-likeness (QED) is 0.640. The molecule has 2 nitrogen and oxygen atoms in total. The van der Waals surface area contributed by atoms with Gasteiger partial charge in [0, 0.05) is 0 Å². The van der Waals surface area contributed by atoms with Gasteiger partial charge >= 0.3 is 5.97 Å². The minimum Gasteiger partial charge on any atom is -0.451 e. The molecule has 0 aromatic heterocycles. The van der Waals surface area contributed by atoms with Crippen molar-refractivity contribution >= 4 is 5.97 Å². The molecule has 2 atom stereocenters. The highest BCUT2D eigenvalue weighted by Crippen LogP contribution is 2.38. The van der Waals surface area contributed by atoms with Crippen LogP contribution in [0.2, 0.25) is 0 Å². The lowest BCUT2D eigenvalue weighted by Gasteiger charge is -2.25. The summed E-state index contributed by atoms with van der Waals surface area (Å²) in [6.07, 6.45) is -1.40. The molecule has 0 amide bonds. The van der Waals surface area contributed by atoms with Gasteiger partial charge < -0.3 is 4.74 Å². The summed E-state index contributed by atoms with van der Waals surface area (Å²) in [6.45, 7) is 1.61. The van der Waals surface area contributed by atoms with Gasteiger partial charge in [-0.1, -0.05) is 30.3 Å². The summed E-state index contributed by atoms with van der Waals surface area (Å²) in [6, 6.07) is 8.99. The first-order valence-electron chi connectivity index (χ1n) is 4.54. The average molecular weight is 194 g/mol. The van der Waals surface area contributed by atoms with E-state index in [2.05, 4.69) is 0 Å². The highest BCUT2D eigenvalue weighted by molar-refractivity contribution is 5.73. The molecule has 1 fully saturated rings. The van der Waals surface area contributed by atoms with Crippen molar-refractivity contribution in [2.75, 3.05) is 0 Å². The van der Waals surface area contributed by atoms with Gasteiger partial charge in [0.15, 0.2) is 11.8 Å².